The number of non-ortho nitro benzene ring substituents is 1. The SMILES string of the molecule is NNc1ccc([N+](=O)[O-])cc1S(=O)(=O)NCc1cscn1. The number of nitrogens with one attached hydrogen (secondary N) is 2. The molecule has 11 heteroatoms. The second-order valence-corrected chi connectivity index (χ2v) is 6.34. The zero-order valence-corrected chi connectivity index (χ0v) is 12.1. The first-order chi connectivity index (χ1) is 9.94. The van der Waals surface area contributed by atoms with Crippen molar-refractivity contribution >= 4 is 32.7 Å². The van der Waals surface area contributed by atoms with Gasteiger partial charge in [0.15, 0.2) is 0 Å². The van der Waals surface area contributed by atoms with Crippen LogP contribution in [0.25, 0.3) is 0 Å². The number of rotatable bonds is 6. The van der Waals surface area contributed by atoms with E-state index in [2.05, 4.69) is 15.1 Å². The van der Waals surface area contributed by atoms with Crippen LogP contribution in [-0.4, -0.2) is 18.3 Å². The van der Waals surface area contributed by atoms with Crippen LogP contribution in [0.5, 0.6) is 0 Å². The van der Waals surface area contributed by atoms with Crippen molar-refractivity contribution in [3.05, 3.63) is 44.9 Å². The van der Waals surface area contributed by atoms with Crippen LogP contribution in [0.3, 0.4) is 0 Å². The van der Waals surface area contributed by atoms with E-state index in [4.69, 9.17) is 5.84 Å². The maximum atomic E-state index is 12.2. The quantitative estimate of drug-likeness (QED) is 0.404. The van der Waals surface area contributed by atoms with Crippen molar-refractivity contribution in [1.29, 1.82) is 0 Å². The Balaban J connectivity index is 2.33. The molecule has 0 saturated heterocycles. The monoisotopic (exact) mass is 329 g/mol. The Bertz CT molecular complexity index is 745. The number of nitro groups is 1. The third-order valence-electron chi connectivity index (χ3n) is 2.55. The lowest BCUT2D eigenvalue weighted by atomic mass is 10.3. The van der Waals surface area contributed by atoms with E-state index >= 15 is 0 Å². The predicted octanol–water partition coefficient (Wildman–Crippen LogP) is 0.815. The van der Waals surface area contributed by atoms with Crippen LogP contribution in [0.4, 0.5) is 11.4 Å². The Morgan fingerprint density at radius 1 is 1.43 bits per heavy atom. The maximum absolute atomic E-state index is 12.2. The molecule has 0 aliphatic rings. The van der Waals surface area contributed by atoms with Gasteiger partial charge in [0, 0.05) is 17.5 Å². The zero-order valence-electron chi connectivity index (χ0n) is 10.5. The van der Waals surface area contributed by atoms with Crippen LogP contribution in [0, 0.1) is 10.1 Å². The molecule has 112 valence electrons. The molecule has 0 aliphatic heterocycles. The molecule has 4 N–H and O–H groups in total. The molecule has 0 bridgehead atoms. The van der Waals surface area contributed by atoms with Gasteiger partial charge in [0.2, 0.25) is 10.0 Å². The third-order valence-corrected chi connectivity index (χ3v) is 4.62. The van der Waals surface area contributed by atoms with Crippen molar-refractivity contribution in [1.82, 2.24) is 9.71 Å². The summed E-state index contributed by atoms with van der Waals surface area (Å²) in [7, 11) is -3.97. The van der Waals surface area contributed by atoms with E-state index in [0.717, 1.165) is 12.1 Å². The van der Waals surface area contributed by atoms with Crippen molar-refractivity contribution in [2.45, 2.75) is 11.4 Å². The van der Waals surface area contributed by atoms with Crippen LogP contribution in [0.2, 0.25) is 0 Å². The van der Waals surface area contributed by atoms with Gasteiger partial charge in [-0.25, -0.2) is 18.1 Å². The summed E-state index contributed by atoms with van der Waals surface area (Å²) in [6, 6.07) is 3.34. The number of sulfonamides is 1. The number of nitrogen functional groups attached to an aromatic ring is 1. The van der Waals surface area contributed by atoms with Gasteiger partial charge in [-0.3, -0.25) is 16.0 Å². The molecular weight excluding hydrogens is 318 g/mol. The molecule has 0 aliphatic carbocycles. The number of aromatic nitrogens is 1. The van der Waals surface area contributed by atoms with E-state index in [1.807, 2.05) is 0 Å². The number of thiazole rings is 1. The Labute approximate surface area is 124 Å². The highest BCUT2D eigenvalue weighted by Gasteiger charge is 2.22. The van der Waals surface area contributed by atoms with Gasteiger partial charge in [-0.1, -0.05) is 0 Å². The normalized spacial score (nSPS) is 11.3. The minimum Gasteiger partial charge on any atom is -0.323 e. The van der Waals surface area contributed by atoms with Crippen molar-refractivity contribution in [3.8, 4) is 0 Å². The van der Waals surface area contributed by atoms with Gasteiger partial charge >= 0.3 is 0 Å². The molecule has 1 aromatic heterocycles. The maximum Gasteiger partial charge on any atom is 0.270 e. The van der Waals surface area contributed by atoms with Gasteiger partial charge in [-0.2, -0.15) is 0 Å². The summed E-state index contributed by atoms with van der Waals surface area (Å²) < 4.78 is 26.8. The lowest BCUT2D eigenvalue weighted by Gasteiger charge is -2.10. The first-order valence-corrected chi connectivity index (χ1v) is 7.98. The summed E-state index contributed by atoms with van der Waals surface area (Å²) in [4.78, 5) is 13.7. The summed E-state index contributed by atoms with van der Waals surface area (Å²) in [5, 5.41) is 12.4. The molecule has 21 heavy (non-hydrogen) atoms. The van der Waals surface area contributed by atoms with Crippen molar-refractivity contribution in [2.24, 2.45) is 5.84 Å². The molecule has 2 rings (SSSR count). The standard InChI is InChI=1S/C10H11N5O4S2/c11-14-9-2-1-8(15(16)17)3-10(9)21(18,19)13-4-7-5-20-6-12-7/h1-3,5-6,13-14H,4,11H2. The van der Waals surface area contributed by atoms with E-state index in [1.54, 1.807) is 10.9 Å². The van der Waals surface area contributed by atoms with E-state index in [-0.39, 0.29) is 22.8 Å². The average Bonchev–Trinajstić information content (AvgIpc) is 2.98. The predicted molar refractivity (Wildman–Crippen MR) is 77.0 cm³/mol. The second-order valence-electron chi connectivity index (χ2n) is 3.89. The number of nitro benzene ring substituents is 1. The van der Waals surface area contributed by atoms with Crippen LogP contribution < -0.4 is 16.0 Å². The highest BCUT2D eigenvalue weighted by atomic mass is 32.2. The highest BCUT2D eigenvalue weighted by molar-refractivity contribution is 7.89. The van der Waals surface area contributed by atoms with Crippen LogP contribution >= 0.6 is 11.3 Å². The minimum atomic E-state index is -3.97. The van der Waals surface area contributed by atoms with Crippen LogP contribution in [0.15, 0.2) is 34.0 Å². The van der Waals surface area contributed by atoms with Crippen LogP contribution in [-0.2, 0) is 16.6 Å². The first kappa shape index (κ1) is 15.3. The lowest BCUT2D eigenvalue weighted by Crippen LogP contribution is -2.25. The van der Waals surface area contributed by atoms with Gasteiger partial charge in [-0.05, 0) is 6.07 Å². The van der Waals surface area contributed by atoms with Gasteiger partial charge in [0.05, 0.1) is 28.4 Å². The number of hydrogen-bond donors (Lipinski definition) is 3. The Kier molecular flexibility index (Phi) is 4.47. The third kappa shape index (κ3) is 3.52. The number of hydrazine groups is 1. The lowest BCUT2D eigenvalue weighted by molar-refractivity contribution is -0.385. The number of nitrogens with zero attached hydrogens (tertiary/aromatic N) is 2. The van der Waals surface area contributed by atoms with Crippen molar-refractivity contribution in [3.63, 3.8) is 0 Å². The fourth-order valence-electron chi connectivity index (χ4n) is 1.54. The van der Waals surface area contributed by atoms with Gasteiger partial charge in [0.1, 0.15) is 4.90 Å². The highest BCUT2D eigenvalue weighted by Crippen LogP contribution is 2.25. The van der Waals surface area contributed by atoms with Gasteiger partial charge < -0.3 is 5.43 Å². The molecule has 0 radical (unpaired) electrons. The van der Waals surface area contributed by atoms with Gasteiger partial charge in [0.25, 0.3) is 5.69 Å². The number of nitrogens with two attached hydrogens (primary N) is 1. The number of anilines is 1. The van der Waals surface area contributed by atoms with Crippen LogP contribution in [0.1, 0.15) is 5.69 Å². The number of benzene rings is 1. The molecule has 0 spiro atoms. The van der Waals surface area contributed by atoms with Crippen molar-refractivity contribution in [2.75, 3.05) is 5.43 Å². The average molecular weight is 329 g/mol. The smallest absolute Gasteiger partial charge is 0.270 e. The van der Waals surface area contributed by atoms with E-state index in [1.165, 1.54) is 17.4 Å². The molecular formula is C10H11N5O4S2. The van der Waals surface area contributed by atoms with E-state index in [0.29, 0.717) is 5.69 Å². The molecule has 0 fully saturated rings. The summed E-state index contributed by atoms with van der Waals surface area (Å²) in [5.41, 5.74) is 4.05. The Morgan fingerprint density at radius 3 is 2.76 bits per heavy atom. The molecule has 1 heterocycles. The molecule has 0 atom stereocenters. The van der Waals surface area contributed by atoms with E-state index in [9.17, 15) is 18.5 Å². The topological polar surface area (TPSA) is 140 Å². The summed E-state index contributed by atoms with van der Waals surface area (Å²) in [6.45, 7) is -0.0153. The fraction of sp³-hybridized carbons (Fsp3) is 0.100. The zero-order chi connectivity index (χ0) is 15.5. The molecule has 2 aromatic rings. The van der Waals surface area contributed by atoms with Crippen molar-refractivity contribution < 1.29 is 13.3 Å². The summed E-state index contributed by atoms with van der Waals surface area (Å²) >= 11 is 1.33. The number of hydrogen-bond acceptors (Lipinski definition) is 8. The Hall–Kier alpha value is -2.08. The summed E-state index contributed by atoms with van der Waals surface area (Å²) in [5.74, 6) is 5.24. The molecule has 9 nitrogen and oxygen atoms in total. The molecule has 0 saturated carbocycles. The molecule has 0 amide bonds. The molecule has 0 unspecified atom stereocenters. The fourth-order valence-corrected chi connectivity index (χ4v) is 3.28. The first-order valence-electron chi connectivity index (χ1n) is 5.56. The van der Waals surface area contributed by atoms with E-state index < -0.39 is 14.9 Å². The van der Waals surface area contributed by atoms with Gasteiger partial charge in [-0.15, -0.1) is 11.3 Å². The largest absolute Gasteiger partial charge is 0.323 e. The second kappa shape index (κ2) is 6.13. The molecule has 1 aromatic carbocycles. The summed E-state index contributed by atoms with van der Waals surface area (Å²) in [6.07, 6.45) is 0. The minimum absolute atomic E-state index is 0.0153. The Morgan fingerprint density at radius 2 is 2.19 bits per heavy atom.